The lowest BCUT2D eigenvalue weighted by Gasteiger charge is -2.29. The molecule has 0 aromatic heterocycles. The molecule has 0 N–H and O–H groups in total. The maximum absolute atomic E-state index is 5.54. The minimum absolute atomic E-state index is 0.757. The molecule has 62 heavy (non-hydrogen) atoms. The van der Waals surface area contributed by atoms with Gasteiger partial charge in [0.05, 0.1) is 0 Å². The second-order valence-electron chi connectivity index (χ2n) is 14.1. The van der Waals surface area contributed by atoms with E-state index < -0.39 is 52.8 Å². The maximum atomic E-state index is 5.54. The number of hydrogen-bond acceptors (Lipinski definition) is 20. The van der Waals surface area contributed by atoms with Crippen LogP contribution >= 0.6 is 0 Å². The molecule has 0 heterocycles. The molecule has 0 radical (unpaired) electrons. The molecule has 0 saturated carbocycles. The van der Waals surface area contributed by atoms with Crippen molar-refractivity contribution in [2.24, 2.45) is 0 Å². The lowest BCUT2D eigenvalue weighted by molar-refractivity contribution is 0.116. The third kappa shape index (κ3) is 23.0. The van der Waals surface area contributed by atoms with E-state index >= 15 is 0 Å². The number of hydrogen-bond donors (Lipinski definition) is 0. The van der Waals surface area contributed by atoms with E-state index in [2.05, 4.69) is 9.80 Å². The molecule has 20 nitrogen and oxygen atoms in total. The van der Waals surface area contributed by atoms with Gasteiger partial charge in [-0.15, -0.1) is 0 Å². The van der Waals surface area contributed by atoms with E-state index in [1.165, 1.54) is 0 Å². The van der Waals surface area contributed by atoms with Crippen molar-refractivity contribution < 1.29 is 79.7 Å². The van der Waals surface area contributed by atoms with Gasteiger partial charge in [-0.2, -0.15) is 0 Å². The first kappa shape index (κ1) is 64.6. The summed E-state index contributed by atoms with van der Waals surface area (Å²) in [6, 6.07) is 4.54. The molecule has 0 bridgehead atoms. The first-order valence-electron chi connectivity index (χ1n) is 21.0. The Bertz CT molecular complexity index is 784. The Balaban J connectivity index is 0. The summed E-state index contributed by atoms with van der Waals surface area (Å²) in [6.07, 6.45) is 5.44. The van der Waals surface area contributed by atoms with Gasteiger partial charge in [0.15, 0.2) is 0 Å². The Morgan fingerprint density at radius 1 is 0.194 bits per heavy atom. The molecule has 0 amide bonds. The summed E-state index contributed by atoms with van der Waals surface area (Å²) >= 11 is 0. The maximum Gasteiger partial charge on any atom is 0.500 e. The molecule has 376 valence electrons. The van der Waals surface area contributed by atoms with Crippen molar-refractivity contribution in [3.05, 3.63) is 0 Å². The van der Waals surface area contributed by atoms with Crippen LogP contribution in [0.3, 0.4) is 0 Å². The normalized spacial score (nSPS) is 13.4. The fraction of sp³-hybridized carbons (Fsp3) is 1.00. The molecule has 0 aromatic carbocycles. The van der Waals surface area contributed by atoms with Crippen LogP contribution in [0, 0.1) is 0 Å². The molecule has 0 fully saturated rings. The van der Waals surface area contributed by atoms with Crippen LogP contribution in [-0.4, -0.2) is 230 Å². The molecule has 0 rings (SSSR count). The Labute approximate surface area is 383 Å². The molecule has 0 saturated heterocycles. The van der Waals surface area contributed by atoms with E-state index in [1.54, 1.807) is 128 Å². The molecule has 0 aliphatic rings. The van der Waals surface area contributed by atoms with Crippen LogP contribution in [-0.2, 0) is 79.7 Å². The predicted octanol–water partition coefficient (Wildman–Crippen LogP) is 4.19. The fourth-order valence-electron chi connectivity index (χ4n) is 7.12. The Morgan fingerprint density at radius 3 is 0.371 bits per heavy atom. The van der Waals surface area contributed by atoms with Crippen LogP contribution in [0.4, 0.5) is 0 Å². The van der Waals surface area contributed by atoms with Crippen molar-refractivity contribution in [1.82, 2.24) is 9.80 Å². The minimum Gasteiger partial charge on any atom is -0.377 e. The molecule has 0 atom stereocenters. The summed E-state index contributed by atoms with van der Waals surface area (Å²) in [5, 5.41) is 0. The largest absolute Gasteiger partial charge is 0.500 e. The van der Waals surface area contributed by atoms with Crippen LogP contribution in [0.15, 0.2) is 0 Å². The monoisotopic (exact) mass is 1010 g/mol. The van der Waals surface area contributed by atoms with Gasteiger partial charge in [-0.1, -0.05) is 0 Å². The highest BCUT2D eigenvalue weighted by molar-refractivity contribution is 6.62. The van der Waals surface area contributed by atoms with Crippen molar-refractivity contribution in [2.75, 3.05) is 167 Å². The van der Waals surface area contributed by atoms with Gasteiger partial charge >= 0.3 is 52.8 Å². The van der Waals surface area contributed by atoms with Gasteiger partial charge in [-0.3, -0.25) is 0 Å². The molecule has 0 spiro atoms. The smallest absolute Gasteiger partial charge is 0.377 e. The van der Waals surface area contributed by atoms with Crippen molar-refractivity contribution in [3.63, 3.8) is 0 Å². The van der Waals surface area contributed by atoms with Gasteiger partial charge in [-0.05, 0) is 77.8 Å². The van der Waals surface area contributed by atoms with Gasteiger partial charge in [0, 0.05) is 164 Å². The van der Waals surface area contributed by atoms with Crippen molar-refractivity contribution in [3.8, 4) is 0 Å². The molecule has 0 aliphatic carbocycles. The van der Waals surface area contributed by atoms with Crippen molar-refractivity contribution in [2.45, 2.75) is 74.8 Å². The van der Waals surface area contributed by atoms with Gasteiger partial charge in [0.25, 0.3) is 0 Å². The van der Waals surface area contributed by atoms with E-state index in [-0.39, 0.29) is 0 Å². The molecule has 26 heteroatoms. The van der Waals surface area contributed by atoms with Crippen LogP contribution in [0.25, 0.3) is 0 Å². The summed E-state index contributed by atoms with van der Waals surface area (Å²) in [7, 11) is 14.2. The lowest BCUT2D eigenvalue weighted by atomic mass is 10.3. The minimum atomic E-state index is -2.57. The van der Waals surface area contributed by atoms with E-state index in [0.717, 1.165) is 114 Å². The van der Waals surface area contributed by atoms with Crippen molar-refractivity contribution in [1.29, 1.82) is 0 Å². The summed E-state index contributed by atoms with van der Waals surface area (Å²) in [6.45, 7) is 5.38. The fourth-order valence-corrected chi connectivity index (χ4v) is 17.3. The van der Waals surface area contributed by atoms with Crippen molar-refractivity contribution >= 4 is 52.8 Å². The average molecular weight is 1010 g/mol. The lowest BCUT2D eigenvalue weighted by Crippen LogP contribution is -2.45. The Morgan fingerprint density at radius 2 is 0.290 bits per heavy atom. The molecule has 0 aliphatic heterocycles. The highest BCUT2D eigenvalue weighted by Gasteiger charge is 2.41. The topological polar surface area (TPSA) is 173 Å². The summed E-state index contributed by atoms with van der Waals surface area (Å²) in [5.41, 5.74) is 0. The summed E-state index contributed by atoms with van der Waals surface area (Å²) < 4.78 is 99.8. The SMILES string of the molecule is CO[Si](CCCN(CCC[Si](OC)(OC)OC)CCC[Si](OC)(OC)OC)(OC)OC.CO[Si](CCCN(CCC[Si](OC)(OC)OC)CCC[Si](OC)(OC)OC)(OC)OC. The molecular formula is C36H90N2O18Si6. The van der Waals surface area contributed by atoms with Crippen LogP contribution in [0.1, 0.15) is 38.5 Å². The summed E-state index contributed by atoms with van der Waals surface area (Å²) in [4.78, 5) is 4.83. The highest BCUT2D eigenvalue weighted by Crippen LogP contribution is 2.22. The highest BCUT2D eigenvalue weighted by atomic mass is 28.4. The second-order valence-corrected chi connectivity index (χ2v) is 32.6. The first-order valence-corrected chi connectivity index (χ1v) is 32.6. The molecular weight excluding hydrogens is 917 g/mol. The number of rotatable bonds is 42. The molecule has 0 unspecified atom stereocenters. The standard InChI is InChI=1S/2C18H45NO9Si3/c2*1-20-29(21-2,22-3)16-10-13-19(14-11-17-30(23-4,24-5)25-6)15-12-18-31(26-7,27-8)28-9/h2*10-18H2,1-9H3. The first-order chi connectivity index (χ1) is 29.7. The van der Waals surface area contributed by atoms with E-state index in [0.29, 0.717) is 0 Å². The zero-order valence-electron chi connectivity index (χ0n) is 42.0. The average Bonchev–Trinajstić information content (AvgIpc) is 3.33. The summed E-state index contributed by atoms with van der Waals surface area (Å²) in [5.74, 6) is 0. The van der Waals surface area contributed by atoms with Crippen LogP contribution < -0.4 is 0 Å². The third-order valence-corrected chi connectivity index (χ3v) is 28.3. The number of nitrogens with zero attached hydrogens (tertiary/aromatic N) is 2. The third-order valence-electron chi connectivity index (χ3n) is 11.3. The van der Waals surface area contributed by atoms with E-state index in [9.17, 15) is 0 Å². The van der Waals surface area contributed by atoms with Gasteiger partial charge in [-0.25, -0.2) is 0 Å². The van der Waals surface area contributed by atoms with E-state index in [4.69, 9.17) is 79.7 Å². The zero-order valence-corrected chi connectivity index (χ0v) is 48.0. The van der Waals surface area contributed by atoms with Gasteiger partial charge in [0.2, 0.25) is 0 Å². The molecule has 0 aromatic rings. The van der Waals surface area contributed by atoms with E-state index in [1.807, 2.05) is 0 Å². The zero-order chi connectivity index (χ0) is 47.6. The van der Waals surface area contributed by atoms with Crippen LogP contribution in [0.5, 0.6) is 0 Å². The quantitative estimate of drug-likeness (QED) is 0.0797. The predicted molar refractivity (Wildman–Crippen MR) is 250 cm³/mol. The van der Waals surface area contributed by atoms with Gasteiger partial charge in [0.1, 0.15) is 0 Å². The Hall–Kier alpha value is 0.501. The second kappa shape index (κ2) is 36.5. The Kier molecular flexibility index (Phi) is 38.1. The van der Waals surface area contributed by atoms with Crippen LogP contribution in [0.2, 0.25) is 36.3 Å². The van der Waals surface area contributed by atoms with Gasteiger partial charge < -0.3 is 89.5 Å².